The second kappa shape index (κ2) is 31.7. The number of hydrogen-bond acceptors (Lipinski definition) is 3. The molecule has 0 aliphatic heterocycles. The Labute approximate surface area is 447 Å². The maximum atomic E-state index is 15.0. The molecule has 0 spiro atoms. The van der Waals surface area contributed by atoms with Crippen molar-refractivity contribution in [1.29, 1.82) is 0 Å². The molecule has 2 aromatic rings. The first kappa shape index (κ1) is 69.1. The molecule has 0 saturated carbocycles. The number of halogens is 13. The highest BCUT2D eigenvalue weighted by Crippen LogP contribution is 2.61. The predicted molar refractivity (Wildman–Crippen MR) is 291 cm³/mol. The summed E-state index contributed by atoms with van der Waals surface area (Å²) < 4.78 is 189. The third kappa shape index (κ3) is 21.5. The van der Waals surface area contributed by atoms with Crippen molar-refractivity contribution in [2.24, 2.45) is 0 Å². The zero-order valence-electron chi connectivity index (χ0n) is 45.9. The van der Waals surface area contributed by atoms with E-state index in [2.05, 4.69) is 46.6 Å². The Morgan fingerprint density at radius 2 is 0.893 bits per heavy atom. The maximum Gasteiger partial charge on any atom is 0.460 e. The first-order valence-corrected chi connectivity index (χ1v) is 38.1. The van der Waals surface area contributed by atoms with Gasteiger partial charge in [-0.3, -0.25) is 0 Å². The van der Waals surface area contributed by atoms with Gasteiger partial charge in [0.1, 0.15) is 11.5 Å². The molecule has 4 unspecified atom stereocenters. The molecule has 0 aromatic heterocycles. The van der Waals surface area contributed by atoms with E-state index in [0.29, 0.717) is 31.2 Å². The molecule has 2 aromatic carbocycles. The lowest BCUT2D eigenvalue weighted by Gasteiger charge is -2.43. The quantitative estimate of drug-likeness (QED) is 0.0396. The summed E-state index contributed by atoms with van der Waals surface area (Å²) in [5.41, 5.74) is 3.24. The van der Waals surface area contributed by atoms with Gasteiger partial charge in [0.05, 0.1) is 0 Å². The van der Waals surface area contributed by atoms with Gasteiger partial charge < -0.3 is 14.3 Å². The molecule has 0 heterocycles. The Morgan fingerprint density at radius 3 is 1.33 bits per heavy atom. The Hall–Kier alpha value is -2.04. The van der Waals surface area contributed by atoms with Gasteiger partial charge in [0.15, 0.2) is 16.6 Å². The second-order valence-electron chi connectivity index (χ2n) is 22.6. The van der Waals surface area contributed by atoms with E-state index >= 15 is 8.78 Å². The van der Waals surface area contributed by atoms with Crippen molar-refractivity contribution in [3.8, 4) is 11.5 Å². The molecule has 0 aliphatic carbocycles. The van der Waals surface area contributed by atoms with Gasteiger partial charge >= 0.3 is 35.8 Å². The van der Waals surface area contributed by atoms with E-state index in [1.807, 2.05) is 24.3 Å². The molecule has 2 rings (SSSR count). The molecule has 0 aliphatic rings. The molecular formula is C55H91F13O3Si4. The molecule has 3 nitrogen and oxygen atoms in total. The zero-order chi connectivity index (χ0) is 56.8. The molecular weight excluding hydrogens is 1070 g/mol. The topological polar surface area (TPSA) is 49.7 Å². The lowest BCUT2D eigenvalue weighted by molar-refractivity contribution is -0.439. The first-order valence-electron chi connectivity index (χ1n) is 28.0. The van der Waals surface area contributed by atoms with Crippen molar-refractivity contribution in [3.05, 3.63) is 59.7 Å². The largest absolute Gasteiger partial charge is 0.508 e. The van der Waals surface area contributed by atoms with Crippen LogP contribution in [0.3, 0.4) is 0 Å². The van der Waals surface area contributed by atoms with Crippen LogP contribution in [0.15, 0.2) is 48.5 Å². The minimum absolute atomic E-state index is 0.135. The monoisotopic (exact) mass is 1160 g/mol. The van der Waals surface area contributed by atoms with Gasteiger partial charge in [0.25, 0.3) is 0 Å². The predicted octanol–water partition coefficient (Wildman–Crippen LogP) is 19.2. The molecule has 75 heavy (non-hydrogen) atoms. The SMILES string of the molecule is CCCC(CCC(CCCCCCCCc1cccc(O)c1)[Si](C)(C)O[Si](C)(C)C(CCC)CCC(CCCCCCCCc1cccc(O)c1)[SiH2]CCC(F)(F)C(F)(F)C(F)(F)C(F)(F)C(F)(F)C(F)(F)F)[SiH2]C. The average molecular weight is 1160 g/mol. The Bertz CT molecular complexity index is 1890. The maximum absolute atomic E-state index is 15.0. The van der Waals surface area contributed by atoms with E-state index < -0.39 is 74.4 Å². The van der Waals surface area contributed by atoms with Crippen molar-refractivity contribution in [2.45, 2.75) is 271 Å². The van der Waals surface area contributed by atoms with Gasteiger partial charge in [-0.2, -0.15) is 57.1 Å². The van der Waals surface area contributed by atoms with Crippen LogP contribution in [0.1, 0.15) is 173 Å². The molecule has 20 heteroatoms. The summed E-state index contributed by atoms with van der Waals surface area (Å²) in [6.45, 7) is 15.8. The standard InChI is InChI=1S/C55H91F13O3Si4/c1-8-24-46(72-3)34-36-49(33-21-17-13-11-15-19-27-43-29-23-31-45(70)41-43)75(6,7)71-74(4,5)48(25-9-2)37-35-47(32-20-16-12-10-14-18-26-42-28-22-30-44(69)40-42)73-39-38-50(56,57)51(58,59)52(60,61)53(62,63)54(64,65)55(66,67)68/h22-23,28-31,40-41,46-49,69-70H,8-21,24-27,32-39,72-73H2,1-7H3. The lowest BCUT2D eigenvalue weighted by atomic mass is 9.93. The van der Waals surface area contributed by atoms with Crippen molar-refractivity contribution in [2.75, 3.05) is 0 Å². The number of aryl methyl sites for hydroxylation is 2. The van der Waals surface area contributed by atoms with E-state index in [1.165, 1.54) is 12.8 Å². The third-order valence-corrected chi connectivity index (χ3v) is 29.4. The van der Waals surface area contributed by atoms with Gasteiger partial charge in [-0.1, -0.05) is 190 Å². The van der Waals surface area contributed by atoms with Crippen LogP contribution in [0.4, 0.5) is 57.1 Å². The van der Waals surface area contributed by atoms with Crippen molar-refractivity contribution < 1.29 is 71.4 Å². The van der Waals surface area contributed by atoms with E-state index in [0.717, 1.165) is 132 Å². The summed E-state index contributed by atoms with van der Waals surface area (Å²) >= 11 is 0. The van der Waals surface area contributed by atoms with E-state index in [4.69, 9.17) is 4.12 Å². The number of phenols is 2. The van der Waals surface area contributed by atoms with Gasteiger partial charge in [-0.25, -0.2) is 0 Å². The van der Waals surface area contributed by atoms with Crippen LogP contribution in [0.5, 0.6) is 11.5 Å². The molecule has 4 atom stereocenters. The van der Waals surface area contributed by atoms with Gasteiger partial charge in [0.2, 0.25) is 0 Å². The van der Waals surface area contributed by atoms with E-state index in [1.54, 1.807) is 24.3 Å². The highest BCUT2D eigenvalue weighted by molar-refractivity contribution is 6.86. The van der Waals surface area contributed by atoms with Gasteiger partial charge in [-0.15, -0.1) is 0 Å². The fraction of sp³-hybridized carbons (Fsp3) is 0.782. The second-order valence-corrected chi connectivity index (χ2v) is 35.9. The van der Waals surface area contributed by atoms with Crippen LogP contribution < -0.4 is 0 Å². The Kier molecular flexibility index (Phi) is 29.2. The summed E-state index contributed by atoms with van der Waals surface area (Å²) in [5, 5.41) is 19.5. The lowest BCUT2D eigenvalue weighted by Crippen LogP contribution is -2.70. The molecule has 436 valence electrons. The molecule has 2 N–H and O–H groups in total. The third-order valence-electron chi connectivity index (χ3n) is 15.8. The minimum atomic E-state index is -7.88. The molecule has 0 radical (unpaired) electrons. The first-order chi connectivity index (χ1) is 34.8. The molecule has 0 bridgehead atoms. The van der Waals surface area contributed by atoms with Gasteiger partial charge in [0, 0.05) is 25.5 Å². The van der Waals surface area contributed by atoms with E-state index in [9.17, 15) is 58.5 Å². The van der Waals surface area contributed by atoms with Crippen LogP contribution in [0.25, 0.3) is 0 Å². The fourth-order valence-electron chi connectivity index (χ4n) is 11.0. The summed E-state index contributed by atoms with van der Waals surface area (Å²) in [6, 6.07) is 13.6. The Morgan fingerprint density at radius 1 is 0.480 bits per heavy atom. The van der Waals surface area contributed by atoms with Crippen molar-refractivity contribution in [1.82, 2.24) is 0 Å². The van der Waals surface area contributed by atoms with Crippen LogP contribution in [-0.4, -0.2) is 81.7 Å². The molecule has 0 amide bonds. The molecule has 0 fully saturated rings. The highest BCUT2D eigenvalue weighted by atomic mass is 28.4. The van der Waals surface area contributed by atoms with Crippen LogP contribution >= 0.6 is 0 Å². The Balaban J connectivity index is 2.23. The average Bonchev–Trinajstić information content (AvgIpc) is 3.31. The number of benzene rings is 2. The zero-order valence-corrected chi connectivity index (χ0v) is 50.8. The summed E-state index contributed by atoms with van der Waals surface area (Å²) in [4.78, 5) is 0. The normalized spacial score (nSPS) is 15.6. The number of unbranched alkanes of at least 4 members (excludes halogenated alkanes) is 10. The fourth-order valence-corrected chi connectivity index (χ4v) is 25.2. The van der Waals surface area contributed by atoms with Gasteiger partial charge in [-0.05, 0) is 98.3 Å². The minimum Gasteiger partial charge on any atom is -0.508 e. The van der Waals surface area contributed by atoms with Crippen molar-refractivity contribution in [3.63, 3.8) is 0 Å². The number of alkyl halides is 13. The van der Waals surface area contributed by atoms with Crippen LogP contribution in [0.2, 0.25) is 60.9 Å². The smallest absolute Gasteiger partial charge is 0.460 e. The summed E-state index contributed by atoms with van der Waals surface area (Å²) in [6.07, 6.45) is 13.0. The van der Waals surface area contributed by atoms with Crippen LogP contribution in [-0.2, 0) is 17.0 Å². The number of phenolic OH excluding ortho intramolecular Hbond substituents is 2. The van der Waals surface area contributed by atoms with E-state index in [-0.39, 0.29) is 32.1 Å². The number of hydrogen-bond donors (Lipinski definition) is 2. The van der Waals surface area contributed by atoms with Crippen molar-refractivity contribution >= 4 is 35.7 Å². The summed E-state index contributed by atoms with van der Waals surface area (Å²) in [7, 11) is -6.88. The highest BCUT2D eigenvalue weighted by Gasteiger charge is 2.90. The number of aromatic hydroxyl groups is 2. The summed E-state index contributed by atoms with van der Waals surface area (Å²) in [5.74, 6) is -36.2. The number of rotatable bonds is 41. The molecule has 0 saturated heterocycles. The van der Waals surface area contributed by atoms with Crippen LogP contribution in [0, 0.1) is 0 Å².